The number of nitrogens with zero attached hydrogens (tertiary/aromatic N) is 1. The van der Waals surface area contributed by atoms with Crippen molar-refractivity contribution in [1.29, 1.82) is 0 Å². The van der Waals surface area contributed by atoms with Crippen LogP contribution in [0.3, 0.4) is 0 Å². The smallest absolute Gasteiger partial charge is 0.171 e. The van der Waals surface area contributed by atoms with Crippen LogP contribution in [0.5, 0.6) is 0 Å². The molecule has 120 valence electrons. The summed E-state index contributed by atoms with van der Waals surface area (Å²) in [4.78, 5) is 4.51. The Kier molecular flexibility index (Phi) is 3.20. The largest absolute Gasteiger partial charge is 0.452 e. The van der Waals surface area contributed by atoms with Gasteiger partial charge in [0.1, 0.15) is 5.58 Å². The molecule has 0 fully saturated rings. The zero-order valence-corrected chi connectivity index (χ0v) is 13.9. The summed E-state index contributed by atoms with van der Waals surface area (Å²) in [6.45, 7) is 6.51. The third kappa shape index (κ3) is 2.28. The lowest BCUT2D eigenvalue weighted by molar-refractivity contribution is 0.584. The molecule has 2 aromatic carbocycles. The lowest BCUT2D eigenvalue weighted by Gasteiger charge is -2.19. The first kappa shape index (κ1) is 14.9. The summed E-state index contributed by atoms with van der Waals surface area (Å²) in [7, 11) is 0. The van der Waals surface area contributed by atoms with E-state index >= 15 is 0 Å². The Labute approximate surface area is 139 Å². The number of benzene rings is 2. The van der Waals surface area contributed by atoms with E-state index in [9.17, 15) is 4.39 Å². The minimum Gasteiger partial charge on any atom is -0.452 e. The molecule has 0 amide bonds. The van der Waals surface area contributed by atoms with Crippen molar-refractivity contribution in [3.05, 3.63) is 66.1 Å². The van der Waals surface area contributed by atoms with E-state index in [1.165, 1.54) is 11.6 Å². The average molecular weight is 319 g/mol. The van der Waals surface area contributed by atoms with Crippen molar-refractivity contribution in [2.24, 2.45) is 0 Å². The molecule has 0 atom stereocenters. The van der Waals surface area contributed by atoms with Crippen molar-refractivity contribution >= 4 is 21.9 Å². The second kappa shape index (κ2) is 5.17. The van der Waals surface area contributed by atoms with Crippen molar-refractivity contribution in [3.8, 4) is 11.3 Å². The molecule has 0 N–H and O–H groups in total. The molecule has 2 nitrogen and oxygen atoms in total. The fraction of sp³-hybridized carbons (Fsp3) is 0.190. The lowest BCUT2D eigenvalue weighted by Crippen LogP contribution is -2.11. The normalized spacial score (nSPS) is 12.2. The molecule has 0 aliphatic carbocycles. The maximum absolute atomic E-state index is 14.1. The van der Waals surface area contributed by atoms with Crippen molar-refractivity contribution in [1.82, 2.24) is 4.98 Å². The summed E-state index contributed by atoms with van der Waals surface area (Å²) in [6.07, 6.45) is 1.82. The Hall–Kier alpha value is -2.68. The molecule has 0 bridgehead atoms. The molecule has 24 heavy (non-hydrogen) atoms. The van der Waals surface area contributed by atoms with Gasteiger partial charge in [0, 0.05) is 22.5 Å². The van der Waals surface area contributed by atoms with Crippen molar-refractivity contribution < 1.29 is 8.81 Å². The van der Waals surface area contributed by atoms with E-state index in [0.29, 0.717) is 11.2 Å². The zero-order chi connectivity index (χ0) is 16.9. The summed E-state index contributed by atoms with van der Waals surface area (Å²) in [5.41, 5.74) is 3.93. The average Bonchev–Trinajstić information content (AvgIpc) is 2.94. The Balaban J connectivity index is 2.01. The molecule has 3 heteroatoms. The predicted molar refractivity (Wildman–Crippen MR) is 95.6 cm³/mol. The zero-order valence-electron chi connectivity index (χ0n) is 13.9. The maximum atomic E-state index is 14.1. The van der Waals surface area contributed by atoms with Gasteiger partial charge in [-0.2, -0.15) is 0 Å². The van der Waals surface area contributed by atoms with Gasteiger partial charge in [0.2, 0.25) is 0 Å². The van der Waals surface area contributed by atoms with Crippen LogP contribution in [0, 0.1) is 5.82 Å². The number of pyridine rings is 1. The first-order chi connectivity index (χ1) is 11.4. The number of hydrogen-bond acceptors (Lipinski definition) is 2. The molecular formula is C21H18FNO. The van der Waals surface area contributed by atoms with Crippen molar-refractivity contribution in [2.45, 2.75) is 26.2 Å². The molecule has 0 aliphatic heterocycles. The van der Waals surface area contributed by atoms with E-state index in [-0.39, 0.29) is 11.2 Å². The number of aromatic nitrogens is 1. The maximum Gasteiger partial charge on any atom is 0.171 e. The first-order valence-corrected chi connectivity index (χ1v) is 8.02. The number of para-hydroxylation sites is 2. The first-order valence-electron chi connectivity index (χ1n) is 8.02. The Morgan fingerprint density at radius 1 is 0.917 bits per heavy atom. The van der Waals surface area contributed by atoms with E-state index in [1.807, 2.05) is 36.5 Å². The molecule has 0 saturated carbocycles. The van der Waals surface area contributed by atoms with Gasteiger partial charge in [-0.3, -0.25) is 4.98 Å². The van der Waals surface area contributed by atoms with Gasteiger partial charge in [-0.25, -0.2) is 4.39 Å². The highest BCUT2D eigenvalue weighted by molar-refractivity contribution is 6.09. The third-order valence-electron chi connectivity index (χ3n) is 4.38. The molecule has 0 aliphatic rings. The van der Waals surface area contributed by atoms with E-state index in [4.69, 9.17) is 4.42 Å². The van der Waals surface area contributed by atoms with E-state index in [2.05, 4.69) is 31.8 Å². The summed E-state index contributed by atoms with van der Waals surface area (Å²) in [5.74, 6) is -0.342. The standard InChI is InChI=1S/C21H18FNO/c1-21(2,3)13-10-11-23-18(12-13)16-8-4-6-14-15-7-5-9-17(22)20(15)24-19(14)16/h4-12H,1-3H3. The number of halogens is 1. The van der Waals surface area contributed by atoms with Crippen LogP contribution in [-0.4, -0.2) is 4.98 Å². The lowest BCUT2D eigenvalue weighted by atomic mass is 9.87. The third-order valence-corrected chi connectivity index (χ3v) is 4.38. The van der Waals surface area contributed by atoms with Crippen LogP contribution >= 0.6 is 0 Å². The van der Waals surface area contributed by atoms with Gasteiger partial charge in [0.25, 0.3) is 0 Å². The van der Waals surface area contributed by atoms with Crippen LogP contribution in [0.1, 0.15) is 26.3 Å². The topological polar surface area (TPSA) is 26.0 Å². The highest BCUT2D eigenvalue weighted by atomic mass is 19.1. The van der Waals surface area contributed by atoms with Crippen LogP contribution in [-0.2, 0) is 5.41 Å². The second-order valence-corrected chi connectivity index (χ2v) is 7.08. The monoisotopic (exact) mass is 319 g/mol. The van der Waals surface area contributed by atoms with Gasteiger partial charge in [-0.15, -0.1) is 0 Å². The van der Waals surface area contributed by atoms with Gasteiger partial charge >= 0.3 is 0 Å². The summed E-state index contributed by atoms with van der Waals surface area (Å²) in [6, 6.07) is 15.0. The number of rotatable bonds is 1. The molecule has 0 saturated heterocycles. The van der Waals surface area contributed by atoms with Gasteiger partial charge in [0.05, 0.1) is 5.69 Å². The Morgan fingerprint density at radius 3 is 2.38 bits per heavy atom. The Morgan fingerprint density at radius 2 is 1.62 bits per heavy atom. The van der Waals surface area contributed by atoms with E-state index in [1.54, 1.807) is 6.07 Å². The van der Waals surface area contributed by atoms with Crippen LogP contribution < -0.4 is 0 Å². The molecule has 4 rings (SSSR count). The van der Waals surface area contributed by atoms with Gasteiger partial charge in [0.15, 0.2) is 11.4 Å². The summed E-state index contributed by atoms with van der Waals surface area (Å²) < 4.78 is 19.9. The molecule has 2 aromatic heterocycles. The minimum atomic E-state index is -0.342. The van der Waals surface area contributed by atoms with Crippen molar-refractivity contribution in [3.63, 3.8) is 0 Å². The van der Waals surface area contributed by atoms with Crippen molar-refractivity contribution in [2.75, 3.05) is 0 Å². The fourth-order valence-electron chi connectivity index (χ4n) is 3.03. The molecule has 0 spiro atoms. The summed E-state index contributed by atoms with van der Waals surface area (Å²) >= 11 is 0. The quantitative estimate of drug-likeness (QED) is 0.424. The van der Waals surface area contributed by atoms with Crippen LogP contribution in [0.4, 0.5) is 4.39 Å². The number of hydrogen-bond donors (Lipinski definition) is 0. The van der Waals surface area contributed by atoms with E-state index < -0.39 is 0 Å². The Bertz CT molecular complexity index is 1060. The SMILES string of the molecule is CC(C)(C)c1ccnc(-c2cccc3c2oc2c(F)cccc23)c1. The molecule has 4 aromatic rings. The van der Waals surface area contributed by atoms with Crippen LogP contribution in [0.15, 0.2) is 59.1 Å². The molecular weight excluding hydrogens is 301 g/mol. The highest BCUT2D eigenvalue weighted by Gasteiger charge is 2.18. The van der Waals surface area contributed by atoms with E-state index in [0.717, 1.165) is 22.0 Å². The minimum absolute atomic E-state index is 0.0333. The molecule has 0 radical (unpaired) electrons. The fourth-order valence-corrected chi connectivity index (χ4v) is 3.03. The summed E-state index contributed by atoms with van der Waals surface area (Å²) in [5, 5.41) is 1.70. The highest BCUT2D eigenvalue weighted by Crippen LogP contribution is 2.36. The number of furan rings is 1. The number of fused-ring (bicyclic) bond motifs is 3. The second-order valence-electron chi connectivity index (χ2n) is 7.08. The van der Waals surface area contributed by atoms with Gasteiger partial charge < -0.3 is 4.42 Å². The van der Waals surface area contributed by atoms with Crippen LogP contribution in [0.25, 0.3) is 33.2 Å². The van der Waals surface area contributed by atoms with Crippen LogP contribution in [0.2, 0.25) is 0 Å². The predicted octanol–water partition coefficient (Wildman–Crippen LogP) is 6.08. The molecule has 0 unspecified atom stereocenters. The molecule has 2 heterocycles. The van der Waals surface area contributed by atoms with Gasteiger partial charge in [-0.1, -0.05) is 45.0 Å². The van der Waals surface area contributed by atoms with Gasteiger partial charge in [-0.05, 0) is 35.2 Å².